The number of carbonyl (C=O) groups is 1. The summed E-state index contributed by atoms with van der Waals surface area (Å²) in [5.74, 6) is 0.861. The van der Waals surface area contributed by atoms with Crippen molar-refractivity contribution in [1.29, 1.82) is 0 Å². The number of aryl methyl sites for hydroxylation is 1. The SMILES string of the molecule is O=C(CCc1cccs1)Nc1ccc(-c2ncc[nH]2)cc1. The predicted octanol–water partition coefficient (Wildman–Crippen LogP) is 3.71. The van der Waals surface area contributed by atoms with E-state index in [9.17, 15) is 4.79 Å². The minimum Gasteiger partial charge on any atom is -0.345 e. The maximum Gasteiger partial charge on any atom is 0.224 e. The third-order valence-electron chi connectivity index (χ3n) is 3.12. The van der Waals surface area contributed by atoms with E-state index in [4.69, 9.17) is 0 Å². The molecular formula is C16H15N3OS. The molecule has 0 unspecified atom stereocenters. The lowest BCUT2D eigenvalue weighted by molar-refractivity contribution is -0.116. The molecule has 0 aliphatic carbocycles. The van der Waals surface area contributed by atoms with Gasteiger partial charge in [-0.15, -0.1) is 11.3 Å². The predicted molar refractivity (Wildman–Crippen MR) is 85.3 cm³/mol. The zero-order valence-electron chi connectivity index (χ0n) is 11.4. The molecule has 106 valence electrons. The Kier molecular flexibility index (Phi) is 4.12. The molecule has 0 radical (unpaired) electrons. The Labute approximate surface area is 126 Å². The van der Waals surface area contributed by atoms with Crippen LogP contribution in [-0.2, 0) is 11.2 Å². The van der Waals surface area contributed by atoms with Gasteiger partial charge >= 0.3 is 0 Å². The maximum absolute atomic E-state index is 11.9. The van der Waals surface area contributed by atoms with Crippen LogP contribution in [0.1, 0.15) is 11.3 Å². The third kappa shape index (κ3) is 3.58. The highest BCUT2D eigenvalue weighted by atomic mass is 32.1. The van der Waals surface area contributed by atoms with Crippen LogP contribution in [-0.4, -0.2) is 15.9 Å². The fourth-order valence-electron chi connectivity index (χ4n) is 2.05. The number of thiophene rings is 1. The van der Waals surface area contributed by atoms with Gasteiger partial charge in [0.1, 0.15) is 5.82 Å². The molecule has 0 bridgehead atoms. The van der Waals surface area contributed by atoms with E-state index in [-0.39, 0.29) is 5.91 Å². The molecule has 0 spiro atoms. The highest BCUT2D eigenvalue weighted by Gasteiger charge is 2.05. The van der Waals surface area contributed by atoms with Gasteiger partial charge in [-0.2, -0.15) is 0 Å². The largest absolute Gasteiger partial charge is 0.345 e. The van der Waals surface area contributed by atoms with Crippen molar-refractivity contribution in [1.82, 2.24) is 9.97 Å². The summed E-state index contributed by atoms with van der Waals surface area (Å²) in [4.78, 5) is 20.4. The summed E-state index contributed by atoms with van der Waals surface area (Å²) >= 11 is 1.68. The molecule has 0 saturated carbocycles. The molecule has 3 rings (SSSR count). The molecule has 0 atom stereocenters. The van der Waals surface area contributed by atoms with Crippen molar-refractivity contribution in [3.63, 3.8) is 0 Å². The quantitative estimate of drug-likeness (QED) is 0.754. The van der Waals surface area contributed by atoms with E-state index in [0.29, 0.717) is 6.42 Å². The summed E-state index contributed by atoms with van der Waals surface area (Å²) in [6.45, 7) is 0. The Balaban J connectivity index is 1.56. The number of nitrogens with one attached hydrogen (secondary N) is 2. The van der Waals surface area contributed by atoms with E-state index in [2.05, 4.69) is 21.4 Å². The number of hydrogen-bond acceptors (Lipinski definition) is 3. The summed E-state index contributed by atoms with van der Waals surface area (Å²) in [7, 11) is 0. The molecule has 0 aliphatic rings. The van der Waals surface area contributed by atoms with Gasteiger partial charge in [0.2, 0.25) is 5.91 Å². The Morgan fingerprint density at radius 1 is 1.24 bits per heavy atom. The summed E-state index contributed by atoms with van der Waals surface area (Å²) < 4.78 is 0. The van der Waals surface area contributed by atoms with Crippen LogP contribution in [0.15, 0.2) is 54.2 Å². The number of amides is 1. The van der Waals surface area contributed by atoms with E-state index in [0.717, 1.165) is 23.5 Å². The zero-order chi connectivity index (χ0) is 14.5. The van der Waals surface area contributed by atoms with Gasteiger partial charge in [-0.05, 0) is 42.1 Å². The standard InChI is InChI=1S/C16H15N3OS/c20-15(8-7-14-2-1-11-21-14)19-13-5-3-12(4-6-13)16-17-9-10-18-16/h1-6,9-11H,7-8H2,(H,17,18)(H,19,20). The topological polar surface area (TPSA) is 57.8 Å². The molecule has 0 fully saturated rings. The van der Waals surface area contributed by atoms with Crippen LogP contribution in [0, 0.1) is 0 Å². The van der Waals surface area contributed by atoms with E-state index in [1.165, 1.54) is 4.88 Å². The maximum atomic E-state index is 11.9. The van der Waals surface area contributed by atoms with E-state index >= 15 is 0 Å². The average Bonchev–Trinajstić information content (AvgIpc) is 3.19. The number of aromatic amines is 1. The van der Waals surface area contributed by atoms with Crippen molar-refractivity contribution in [2.45, 2.75) is 12.8 Å². The normalized spacial score (nSPS) is 10.5. The number of aromatic nitrogens is 2. The molecule has 1 aromatic carbocycles. The summed E-state index contributed by atoms with van der Waals surface area (Å²) in [5.41, 5.74) is 1.80. The van der Waals surface area contributed by atoms with Crippen molar-refractivity contribution in [2.75, 3.05) is 5.32 Å². The minimum absolute atomic E-state index is 0.0362. The molecule has 0 aliphatic heterocycles. The molecule has 3 aromatic rings. The van der Waals surface area contributed by atoms with Crippen LogP contribution >= 0.6 is 11.3 Å². The van der Waals surface area contributed by atoms with Crippen molar-refractivity contribution in [3.8, 4) is 11.4 Å². The molecule has 2 N–H and O–H groups in total. The lowest BCUT2D eigenvalue weighted by Gasteiger charge is -2.05. The molecule has 4 nitrogen and oxygen atoms in total. The van der Waals surface area contributed by atoms with Crippen molar-refractivity contribution in [2.24, 2.45) is 0 Å². The van der Waals surface area contributed by atoms with Crippen LogP contribution in [0.4, 0.5) is 5.69 Å². The van der Waals surface area contributed by atoms with Gasteiger partial charge in [0, 0.05) is 34.9 Å². The van der Waals surface area contributed by atoms with Gasteiger partial charge in [-0.3, -0.25) is 4.79 Å². The first-order chi connectivity index (χ1) is 10.3. The molecule has 2 heterocycles. The van der Waals surface area contributed by atoms with Gasteiger partial charge in [0.25, 0.3) is 0 Å². The first kappa shape index (κ1) is 13.6. The average molecular weight is 297 g/mol. The van der Waals surface area contributed by atoms with Crippen molar-refractivity contribution < 1.29 is 4.79 Å². The molecule has 2 aromatic heterocycles. The number of anilines is 1. The van der Waals surface area contributed by atoms with Gasteiger partial charge < -0.3 is 10.3 Å². The highest BCUT2D eigenvalue weighted by Crippen LogP contribution is 2.18. The van der Waals surface area contributed by atoms with E-state index in [1.54, 1.807) is 23.7 Å². The lowest BCUT2D eigenvalue weighted by atomic mass is 10.2. The van der Waals surface area contributed by atoms with Crippen LogP contribution in [0.5, 0.6) is 0 Å². The number of carbonyl (C=O) groups excluding carboxylic acids is 1. The van der Waals surface area contributed by atoms with Crippen LogP contribution in [0.2, 0.25) is 0 Å². The smallest absolute Gasteiger partial charge is 0.224 e. The Bertz CT molecular complexity index is 688. The Morgan fingerprint density at radius 3 is 2.76 bits per heavy atom. The second kappa shape index (κ2) is 6.37. The van der Waals surface area contributed by atoms with Gasteiger partial charge in [-0.25, -0.2) is 4.98 Å². The molecule has 21 heavy (non-hydrogen) atoms. The van der Waals surface area contributed by atoms with Crippen LogP contribution in [0.3, 0.4) is 0 Å². The lowest BCUT2D eigenvalue weighted by Crippen LogP contribution is -2.11. The van der Waals surface area contributed by atoms with Gasteiger partial charge in [-0.1, -0.05) is 6.07 Å². The number of hydrogen-bond donors (Lipinski definition) is 2. The highest BCUT2D eigenvalue weighted by molar-refractivity contribution is 7.09. The minimum atomic E-state index is 0.0362. The fourth-order valence-corrected chi connectivity index (χ4v) is 2.76. The monoisotopic (exact) mass is 297 g/mol. The first-order valence-corrected chi connectivity index (χ1v) is 7.61. The summed E-state index contributed by atoms with van der Waals surface area (Å²) in [5, 5.41) is 4.94. The summed E-state index contributed by atoms with van der Waals surface area (Å²) in [6, 6.07) is 11.7. The van der Waals surface area contributed by atoms with Crippen LogP contribution < -0.4 is 5.32 Å². The van der Waals surface area contributed by atoms with E-state index in [1.807, 2.05) is 35.7 Å². The summed E-state index contributed by atoms with van der Waals surface area (Å²) in [6.07, 6.45) is 4.79. The number of nitrogens with zero attached hydrogens (tertiary/aromatic N) is 1. The van der Waals surface area contributed by atoms with Crippen LogP contribution in [0.25, 0.3) is 11.4 Å². The number of rotatable bonds is 5. The molecule has 1 amide bonds. The van der Waals surface area contributed by atoms with Gasteiger partial charge in [0.05, 0.1) is 0 Å². The third-order valence-corrected chi connectivity index (χ3v) is 4.06. The Morgan fingerprint density at radius 2 is 2.10 bits per heavy atom. The second-order valence-corrected chi connectivity index (χ2v) is 5.67. The van der Waals surface area contributed by atoms with Gasteiger partial charge in [0.15, 0.2) is 0 Å². The van der Waals surface area contributed by atoms with Crippen molar-refractivity contribution >= 4 is 22.9 Å². The molecular weight excluding hydrogens is 282 g/mol. The molecule has 5 heteroatoms. The second-order valence-electron chi connectivity index (χ2n) is 4.64. The van der Waals surface area contributed by atoms with E-state index < -0.39 is 0 Å². The number of H-pyrrole nitrogens is 1. The fraction of sp³-hybridized carbons (Fsp3) is 0.125. The van der Waals surface area contributed by atoms with Crippen molar-refractivity contribution in [3.05, 3.63) is 59.0 Å². The zero-order valence-corrected chi connectivity index (χ0v) is 12.2. The number of imidazole rings is 1. The Hall–Kier alpha value is -2.40. The number of benzene rings is 1. The molecule has 0 saturated heterocycles. The first-order valence-electron chi connectivity index (χ1n) is 6.73.